The molecule has 1 atom stereocenters. The van der Waals surface area contributed by atoms with Crippen LogP contribution in [0.5, 0.6) is 0 Å². The number of nitrogens with one attached hydrogen (secondary N) is 2. The molecule has 0 aromatic rings. The van der Waals surface area contributed by atoms with Crippen molar-refractivity contribution in [1.29, 1.82) is 0 Å². The maximum absolute atomic E-state index is 11.3. The van der Waals surface area contributed by atoms with Crippen molar-refractivity contribution in [2.75, 3.05) is 6.54 Å². The zero-order valence-corrected chi connectivity index (χ0v) is 9.62. The summed E-state index contributed by atoms with van der Waals surface area (Å²) >= 11 is 0. The van der Waals surface area contributed by atoms with Crippen LogP contribution in [0.15, 0.2) is 0 Å². The van der Waals surface area contributed by atoms with E-state index in [1.807, 2.05) is 0 Å². The number of carboxylic acid groups (broad SMARTS) is 1. The number of rotatable bonds is 6. The van der Waals surface area contributed by atoms with Gasteiger partial charge in [-0.15, -0.1) is 12.3 Å². The van der Waals surface area contributed by atoms with Gasteiger partial charge >= 0.3 is 12.0 Å². The summed E-state index contributed by atoms with van der Waals surface area (Å²) in [4.78, 5) is 22.1. The van der Waals surface area contributed by atoms with Crippen LogP contribution < -0.4 is 10.6 Å². The van der Waals surface area contributed by atoms with Crippen molar-refractivity contribution >= 4 is 12.0 Å². The molecule has 0 saturated heterocycles. The van der Waals surface area contributed by atoms with Crippen LogP contribution in [0.1, 0.15) is 26.7 Å². The van der Waals surface area contributed by atoms with Crippen molar-refractivity contribution in [2.45, 2.75) is 32.7 Å². The molecule has 0 aromatic heterocycles. The molecular weight excluding hydrogens is 208 g/mol. The van der Waals surface area contributed by atoms with E-state index in [9.17, 15) is 9.59 Å². The molecule has 0 radical (unpaired) electrons. The minimum absolute atomic E-state index is 0.158. The van der Waals surface area contributed by atoms with E-state index < -0.39 is 18.0 Å². The highest BCUT2D eigenvalue weighted by atomic mass is 16.4. The molecule has 0 aliphatic heterocycles. The Hall–Kier alpha value is -1.70. The van der Waals surface area contributed by atoms with Crippen molar-refractivity contribution in [3.05, 3.63) is 0 Å². The summed E-state index contributed by atoms with van der Waals surface area (Å²) in [6.07, 6.45) is 6.32. The molecular formula is C11H18N2O3. The largest absolute Gasteiger partial charge is 0.480 e. The molecule has 0 aliphatic rings. The molecule has 2 amide bonds. The summed E-state index contributed by atoms with van der Waals surface area (Å²) in [5.74, 6) is 1.26. The monoisotopic (exact) mass is 226 g/mol. The fourth-order valence-corrected chi connectivity index (χ4v) is 1.10. The van der Waals surface area contributed by atoms with Gasteiger partial charge in [-0.3, -0.25) is 0 Å². The van der Waals surface area contributed by atoms with Crippen LogP contribution in [-0.2, 0) is 4.79 Å². The number of aliphatic carboxylic acids is 1. The summed E-state index contributed by atoms with van der Waals surface area (Å²) in [7, 11) is 0. The van der Waals surface area contributed by atoms with Crippen LogP contribution in [-0.4, -0.2) is 29.7 Å². The van der Waals surface area contributed by atoms with Gasteiger partial charge in [-0.1, -0.05) is 13.8 Å². The Balaban J connectivity index is 3.93. The van der Waals surface area contributed by atoms with E-state index >= 15 is 0 Å². The van der Waals surface area contributed by atoms with Gasteiger partial charge in [-0.05, 0) is 12.3 Å². The summed E-state index contributed by atoms with van der Waals surface area (Å²) in [6.45, 7) is 3.91. The van der Waals surface area contributed by atoms with E-state index in [1.54, 1.807) is 13.8 Å². The minimum Gasteiger partial charge on any atom is -0.480 e. The van der Waals surface area contributed by atoms with E-state index in [0.717, 1.165) is 0 Å². The Morgan fingerprint density at radius 2 is 2.06 bits per heavy atom. The number of amides is 2. The highest BCUT2D eigenvalue weighted by molar-refractivity contribution is 5.82. The van der Waals surface area contributed by atoms with Crippen molar-refractivity contribution in [1.82, 2.24) is 10.6 Å². The fourth-order valence-electron chi connectivity index (χ4n) is 1.10. The predicted molar refractivity (Wildman–Crippen MR) is 60.9 cm³/mol. The van der Waals surface area contributed by atoms with Crippen LogP contribution >= 0.6 is 0 Å². The zero-order chi connectivity index (χ0) is 12.6. The van der Waals surface area contributed by atoms with Gasteiger partial charge in [0.05, 0.1) is 0 Å². The van der Waals surface area contributed by atoms with Gasteiger partial charge in [-0.2, -0.15) is 0 Å². The van der Waals surface area contributed by atoms with Crippen molar-refractivity contribution < 1.29 is 14.7 Å². The van der Waals surface area contributed by atoms with E-state index in [2.05, 4.69) is 16.6 Å². The topological polar surface area (TPSA) is 78.4 Å². The maximum Gasteiger partial charge on any atom is 0.326 e. The Bertz CT molecular complexity index is 281. The van der Waals surface area contributed by atoms with E-state index in [1.165, 1.54) is 0 Å². The standard InChI is InChI=1S/C11H18N2O3/c1-4-5-6-7-12-11(16)13-9(8(2)3)10(14)15/h1,8-9H,5-7H2,2-3H3,(H,14,15)(H2,12,13,16)/t9-/m1/s1. The molecule has 0 heterocycles. The number of hydrogen-bond donors (Lipinski definition) is 3. The second-order valence-electron chi connectivity index (χ2n) is 3.77. The van der Waals surface area contributed by atoms with Crippen molar-refractivity contribution in [2.24, 2.45) is 5.92 Å². The van der Waals surface area contributed by atoms with Gasteiger partial charge in [0.2, 0.25) is 0 Å². The molecule has 5 heteroatoms. The third kappa shape index (κ3) is 5.91. The first-order valence-electron chi connectivity index (χ1n) is 5.19. The first kappa shape index (κ1) is 14.3. The molecule has 5 nitrogen and oxygen atoms in total. The quantitative estimate of drug-likeness (QED) is 0.463. The normalized spacial score (nSPS) is 11.6. The van der Waals surface area contributed by atoms with Crippen LogP contribution in [0.4, 0.5) is 4.79 Å². The molecule has 16 heavy (non-hydrogen) atoms. The third-order valence-corrected chi connectivity index (χ3v) is 2.00. The third-order valence-electron chi connectivity index (χ3n) is 2.00. The molecule has 0 bridgehead atoms. The number of hydrogen-bond acceptors (Lipinski definition) is 2. The van der Waals surface area contributed by atoms with Gasteiger partial charge in [0.25, 0.3) is 0 Å². The van der Waals surface area contributed by atoms with Gasteiger partial charge in [0.15, 0.2) is 0 Å². The van der Waals surface area contributed by atoms with Gasteiger partial charge < -0.3 is 15.7 Å². The lowest BCUT2D eigenvalue weighted by Gasteiger charge is -2.18. The van der Waals surface area contributed by atoms with E-state index in [0.29, 0.717) is 19.4 Å². The zero-order valence-electron chi connectivity index (χ0n) is 9.62. The second-order valence-corrected chi connectivity index (χ2v) is 3.77. The number of unbranched alkanes of at least 4 members (excludes halogenated alkanes) is 1. The predicted octanol–water partition coefficient (Wildman–Crippen LogP) is 0.808. The average molecular weight is 226 g/mol. The van der Waals surface area contributed by atoms with Crippen LogP contribution in [0.3, 0.4) is 0 Å². The fraction of sp³-hybridized carbons (Fsp3) is 0.636. The summed E-state index contributed by atoms with van der Waals surface area (Å²) in [5, 5.41) is 13.8. The maximum atomic E-state index is 11.3. The molecule has 0 rings (SSSR count). The molecule has 0 unspecified atom stereocenters. The lowest BCUT2D eigenvalue weighted by molar-refractivity contribution is -0.140. The SMILES string of the molecule is C#CCCCNC(=O)N[C@@H](C(=O)O)C(C)C. The molecule has 90 valence electrons. The van der Waals surface area contributed by atoms with E-state index in [4.69, 9.17) is 11.5 Å². The Kier molecular flexibility index (Phi) is 6.77. The number of urea groups is 1. The Labute approximate surface area is 95.6 Å². The Morgan fingerprint density at radius 1 is 1.44 bits per heavy atom. The first-order chi connectivity index (χ1) is 7.49. The highest BCUT2D eigenvalue weighted by Crippen LogP contribution is 2.01. The van der Waals surface area contributed by atoms with E-state index in [-0.39, 0.29) is 5.92 Å². The lowest BCUT2D eigenvalue weighted by Crippen LogP contribution is -2.48. The number of carbonyl (C=O) groups is 2. The van der Waals surface area contributed by atoms with Crippen molar-refractivity contribution in [3.8, 4) is 12.3 Å². The molecule has 3 N–H and O–H groups in total. The van der Waals surface area contributed by atoms with Crippen LogP contribution in [0.25, 0.3) is 0 Å². The average Bonchev–Trinajstić information content (AvgIpc) is 2.20. The first-order valence-corrected chi connectivity index (χ1v) is 5.19. The molecule has 0 fully saturated rings. The number of terminal acetylenes is 1. The minimum atomic E-state index is -1.03. The second kappa shape index (κ2) is 7.57. The van der Waals surface area contributed by atoms with Gasteiger partial charge in [-0.25, -0.2) is 9.59 Å². The summed E-state index contributed by atoms with van der Waals surface area (Å²) in [6, 6.07) is -1.34. The van der Waals surface area contributed by atoms with Crippen LogP contribution in [0, 0.1) is 18.3 Å². The van der Waals surface area contributed by atoms with Gasteiger partial charge in [0.1, 0.15) is 6.04 Å². The smallest absolute Gasteiger partial charge is 0.326 e. The number of carboxylic acids is 1. The van der Waals surface area contributed by atoms with Gasteiger partial charge in [0, 0.05) is 13.0 Å². The molecule has 0 aromatic carbocycles. The summed E-state index contributed by atoms with van der Waals surface area (Å²) < 4.78 is 0. The number of carbonyl (C=O) groups excluding carboxylic acids is 1. The molecule has 0 spiro atoms. The van der Waals surface area contributed by atoms with Crippen molar-refractivity contribution in [3.63, 3.8) is 0 Å². The lowest BCUT2D eigenvalue weighted by atomic mass is 10.1. The molecule has 0 saturated carbocycles. The van der Waals surface area contributed by atoms with Crippen LogP contribution in [0.2, 0.25) is 0 Å². The molecule has 0 aliphatic carbocycles. The summed E-state index contributed by atoms with van der Waals surface area (Å²) in [5.41, 5.74) is 0. The highest BCUT2D eigenvalue weighted by Gasteiger charge is 2.22. The Morgan fingerprint density at radius 3 is 2.50 bits per heavy atom.